The standard InChI is InChI=1S/C16H26FNOP2/c1-11-9-13(17)10-12(2)14(11)18-15(19)16(20-3)21(4)7-5-6-8-21/h9-10,16,20-21H,5-8H2,1-4H3,(H,18,19). The molecule has 0 bridgehead atoms. The van der Waals surface area contributed by atoms with Crippen LogP contribution in [0.1, 0.15) is 24.0 Å². The second-order valence-corrected chi connectivity index (χ2v) is 13.1. The number of aryl methyl sites for hydroxylation is 2. The fourth-order valence-electron chi connectivity index (χ4n) is 3.57. The number of hydrogen-bond acceptors (Lipinski definition) is 1. The molecule has 0 radical (unpaired) electrons. The molecule has 2 atom stereocenters. The van der Waals surface area contributed by atoms with E-state index in [-0.39, 0.29) is 17.1 Å². The molecule has 1 amide bonds. The Kier molecular flexibility index (Phi) is 5.38. The number of carbonyl (C=O) groups excluding carboxylic acids is 1. The van der Waals surface area contributed by atoms with Crippen molar-refractivity contribution in [3.05, 3.63) is 29.1 Å². The first-order valence-corrected chi connectivity index (χ1v) is 12.2. The van der Waals surface area contributed by atoms with Gasteiger partial charge in [0.2, 0.25) is 0 Å². The number of amides is 1. The molecule has 1 aliphatic heterocycles. The van der Waals surface area contributed by atoms with Gasteiger partial charge in [-0.25, -0.2) is 0 Å². The molecule has 5 heteroatoms. The molecule has 2 nitrogen and oxygen atoms in total. The average Bonchev–Trinajstić information content (AvgIpc) is 2.82. The molecule has 21 heavy (non-hydrogen) atoms. The quantitative estimate of drug-likeness (QED) is 0.825. The Balaban J connectivity index is 2.20. The summed E-state index contributed by atoms with van der Waals surface area (Å²) in [5.74, 6) is -0.0845. The number of nitrogens with one attached hydrogen (secondary N) is 1. The first-order chi connectivity index (χ1) is 9.87. The van der Waals surface area contributed by atoms with Crippen molar-refractivity contribution in [2.45, 2.75) is 32.1 Å². The average molecular weight is 329 g/mol. The summed E-state index contributed by atoms with van der Waals surface area (Å²) in [4.78, 5) is 12.8. The van der Waals surface area contributed by atoms with Gasteiger partial charge in [-0.05, 0) is 0 Å². The van der Waals surface area contributed by atoms with Gasteiger partial charge in [-0.15, -0.1) is 0 Å². The summed E-state index contributed by atoms with van der Waals surface area (Å²) in [6.45, 7) is 8.23. The number of hydrogen-bond donors (Lipinski definition) is 1. The van der Waals surface area contributed by atoms with E-state index in [0.29, 0.717) is 8.58 Å². The third-order valence-corrected chi connectivity index (χ3v) is 13.2. The van der Waals surface area contributed by atoms with E-state index in [4.69, 9.17) is 0 Å². The van der Waals surface area contributed by atoms with E-state index in [1.54, 1.807) is 0 Å². The summed E-state index contributed by atoms with van der Waals surface area (Å²) < 4.78 is 13.4. The molecular formula is C16H26FNOP2. The predicted octanol–water partition coefficient (Wildman–Crippen LogP) is 4.19. The predicted molar refractivity (Wildman–Crippen MR) is 95.7 cm³/mol. The van der Waals surface area contributed by atoms with E-state index >= 15 is 0 Å². The van der Waals surface area contributed by atoms with Crippen LogP contribution in [0.4, 0.5) is 10.1 Å². The van der Waals surface area contributed by atoms with Crippen LogP contribution in [0.15, 0.2) is 12.1 Å². The van der Waals surface area contributed by atoms with Gasteiger partial charge in [-0.2, -0.15) is 0 Å². The molecule has 1 fully saturated rings. The minimum atomic E-state index is -1.45. The molecule has 1 heterocycles. The molecule has 0 saturated carbocycles. The van der Waals surface area contributed by atoms with E-state index in [0.717, 1.165) is 16.8 Å². The van der Waals surface area contributed by atoms with Crippen LogP contribution in [0, 0.1) is 19.7 Å². The molecule has 1 aliphatic rings. The van der Waals surface area contributed by atoms with Crippen LogP contribution in [0.3, 0.4) is 0 Å². The molecule has 2 unspecified atom stereocenters. The summed E-state index contributed by atoms with van der Waals surface area (Å²) in [7, 11) is -0.799. The van der Waals surface area contributed by atoms with Crippen molar-refractivity contribution >= 4 is 27.4 Å². The number of rotatable bonds is 4. The van der Waals surface area contributed by atoms with Gasteiger partial charge >= 0.3 is 129 Å². The number of benzene rings is 1. The van der Waals surface area contributed by atoms with Gasteiger partial charge in [0.05, 0.1) is 0 Å². The van der Waals surface area contributed by atoms with Crippen LogP contribution < -0.4 is 5.32 Å². The van der Waals surface area contributed by atoms with Gasteiger partial charge in [-0.1, -0.05) is 0 Å². The molecule has 1 saturated heterocycles. The second-order valence-electron chi connectivity index (χ2n) is 6.49. The normalized spacial score (nSPS) is 20.6. The van der Waals surface area contributed by atoms with Crippen LogP contribution in [0.2, 0.25) is 0 Å². The minimum absolute atomic E-state index is 0.157. The molecule has 2 rings (SSSR count). The molecule has 118 valence electrons. The maximum atomic E-state index is 13.4. The Labute approximate surface area is 129 Å². The van der Waals surface area contributed by atoms with Crippen molar-refractivity contribution < 1.29 is 9.18 Å². The van der Waals surface area contributed by atoms with Crippen molar-refractivity contribution in [2.24, 2.45) is 0 Å². The van der Waals surface area contributed by atoms with Gasteiger partial charge in [0.1, 0.15) is 0 Å². The molecule has 1 N–H and O–H groups in total. The number of halogens is 1. The zero-order valence-electron chi connectivity index (χ0n) is 13.3. The van der Waals surface area contributed by atoms with Crippen LogP contribution in [-0.4, -0.2) is 37.0 Å². The molecule has 0 aliphatic carbocycles. The third-order valence-electron chi connectivity index (χ3n) is 4.74. The molecular weight excluding hydrogens is 303 g/mol. The third kappa shape index (κ3) is 3.63. The van der Waals surface area contributed by atoms with Crippen molar-refractivity contribution in [1.82, 2.24) is 0 Å². The Bertz CT molecular complexity index is 518. The van der Waals surface area contributed by atoms with Gasteiger partial charge in [0.25, 0.3) is 0 Å². The SMILES string of the molecule is CPC(C(=O)Nc1c(C)cc(F)cc1C)[PH]1(C)CCCC1. The van der Waals surface area contributed by atoms with Crippen LogP contribution in [0.5, 0.6) is 0 Å². The molecule has 0 spiro atoms. The second kappa shape index (κ2) is 6.71. The molecule has 1 aromatic rings. The first kappa shape index (κ1) is 16.8. The summed E-state index contributed by atoms with van der Waals surface area (Å²) in [5.41, 5.74) is 2.40. The van der Waals surface area contributed by atoms with Gasteiger partial charge in [0, 0.05) is 0 Å². The summed E-state index contributed by atoms with van der Waals surface area (Å²) in [5, 5.41) is 3.29. The van der Waals surface area contributed by atoms with Crippen molar-refractivity contribution in [1.29, 1.82) is 0 Å². The van der Waals surface area contributed by atoms with Gasteiger partial charge in [-0.3, -0.25) is 0 Å². The first-order valence-electron chi connectivity index (χ1n) is 7.62. The van der Waals surface area contributed by atoms with E-state index in [9.17, 15) is 9.18 Å². The van der Waals surface area contributed by atoms with Crippen LogP contribution in [-0.2, 0) is 4.79 Å². The Morgan fingerprint density at radius 1 is 1.29 bits per heavy atom. The Hall–Kier alpha value is -0.520. The fraction of sp³-hybridized carbons (Fsp3) is 0.562. The Morgan fingerprint density at radius 2 is 1.81 bits per heavy atom. The van der Waals surface area contributed by atoms with E-state index in [1.807, 2.05) is 13.8 Å². The van der Waals surface area contributed by atoms with E-state index < -0.39 is 7.26 Å². The van der Waals surface area contributed by atoms with Crippen LogP contribution >= 0.6 is 15.8 Å². The summed E-state index contributed by atoms with van der Waals surface area (Å²) in [6.07, 6.45) is 5.11. The van der Waals surface area contributed by atoms with E-state index in [1.165, 1.54) is 37.3 Å². The van der Waals surface area contributed by atoms with Crippen LogP contribution in [0.25, 0.3) is 0 Å². The van der Waals surface area contributed by atoms with E-state index in [2.05, 4.69) is 18.6 Å². The topological polar surface area (TPSA) is 29.1 Å². The van der Waals surface area contributed by atoms with Gasteiger partial charge in [0.15, 0.2) is 0 Å². The fourth-order valence-corrected chi connectivity index (χ4v) is 11.2. The number of anilines is 1. The van der Waals surface area contributed by atoms with Crippen molar-refractivity contribution in [2.75, 3.05) is 31.0 Å². The monoisotopic (exact) mass is 329 g/mol. The van der Waals surface area contributed by atoms with Gasteiger partial charge < -0.3 is 0 Å². The molecule has 1 aromatic carbocycles. The zero-order chi connectivity index (χ0) is 15.6. The summed E-state index contributed by atoms with van der Waals surface area (Å²) in [6, 6.07) is 2.97. The van der Waals surface area contributed by atoms with Crippen molar-refractivity contribution in [3.63, 3.8) is 0 Å². The summed E-state index contributed by atoms with van der Waals surface area (Å²) >= 11 is 0. The zero-order valence-corrected chi connectivity index (χ0v) is 15.3. The number of carbonyl (C=O) groups is 1. The Morgan fingerprint density at radius 3 is 2.29 bits per heavy atom. The van der Waals surface area contributed by atoms with Crippen molar-refractivity contribution in [3.8, 4) is 0 Å². The molecule has 0 aromatic heterocycles. The maximum absolute atomic E-state index is 13.4.